The normalized spacial score (nSPS) is 14.9. The first kappa shape index (κ1) is 14.1. The zero-order chi connectivity index (χ0) is 12.8. The van der Waals surface area contributed by atoms with Crippen molar-refractivity contribution in [2.24, 2.45) is 5.92 Å². The molecule has 0 aliphatic heterocycles. The number of pyridine rings is 1. The van der Waals surface area contributed by atoms with Crippen LogP contribution < -0.4 is 0 Å². The van der Waals surface area contributed by atoms with E-state index < -0.39 is 11.0 Å². The van der Waals surface area contributed by atoms with Crippen molar-refractivity contribution in [1.29, 1.82) is 5.26 Å². The summed E-state index contributed by atoms with van der Waals surface area (Å²) in [4.78, 5) is 3.99. The summed E-state index contributed by atoms with van der Waals surface area (Å²) >= 11 is 5.69. The van der Waals surface area contributed by atoms with Gasteiger partial charge in [-0.2, -0.15) is 3.95 Å². The first-order chi connectivity index (χ1) is 8.02. The van der Waals surface area contributed by atoms with Crippen molar-refractivity contribution in [2.75, 3.05) is 12.8 Å². The molecule has 1 aromatic rings. The van der Waals surface area contributed by atoms with Gasteiger partial charge in [-0.3, -0.25) is 0 Å². The van der Waals surface area contributed by atoms with Gasteiger partial charge in [0, 0.05) is 6.20 Å². The van der Waals surface area contributed by atoms with Crippen LogP contribution in [0.1, 0.15) is 12.5 Å². The molecule has 1 aromatic heterocycles. The van der Waals surface area contributed by atoms with Gasteiger partial charge in [-0.25, -0.2) is 4.98 Å². The van der Waals surface area contributed by atoms with Gasteiger partial charge in [-0.15, -0.1) is 11.0 Å². The molecule has 0 saturated heterocycles. The van der Waals surface area contributed by atoms with Crippen LogP contribution in [0.2, 0.25) is 5.15 Å². The maximum absolute atomic E-state index is 11.2. The second-order valence-corrected chi connectivity index (χ2v) is 5.56. The fraction of sp³-hybridized carbons (Fsp3) is 0.455. The Morgan fingerprint density at radius 3 is 2.82 bits per heavy atom. The number of hydrogen-bond donors (Lipinski definition) is 0. The third kappa shape index (κ3) is 4.82. The smallest absolute Gasteiger partial charge is 0.464 e. The molecule has 0 aromatic carbocycles. The van der Waals surface area contributed by atoms with Crippen LogP contribution in [0.15, 0.2) is 18.3 Å². The SMILES string of the molecule is CC(Cc1ccc(Cl)nc1)C[N+](C#N)=S(C)[O-]. The van der Waals surface area contributed by atoms with Crippen LogP contribution in [0.5, 0.6) is 0 Å². The average molecular weight is 272 g/mol. The molecule has 0 N–H and O–H groups in total. The summed E-state index contributed by atoms with van der Waals surface area (Å²) in [6.07, 6.45) is 5.92. The molecule has 0 amide bonds. The Kier molecular flexibility index (Phi) is 5.56. The summed E-state index contributed by atoms with van der Waals surface area (Å²) < 4.78 is 12.5. The first-order valence-electron chi connectivity index (χ1n) is 5.14. The van der Waals surface area contributed by atoms with E-state index in [4.69, 9.17) is 16.9 Å². The van der Waals surface area contributed by atoms with Crippen LogP contribution in [0, 0.1) is 17.4 Å². The predicted octanol–water partition coefficient (Wildman–Crippen LogP) is 1.97. The highest BCUT2D eigenvalue weighted by Crippen LogP contribution is 2.10. The van der Waals surface area contributed by atoms with Crippen LogP contribution >= 0.6 is 11.6 Å². The summed E-state index contributed by atoms with van der Waals surface area (Å²) in [5, 5.41) is 9.27. The Morgan fingerprint density at radius 1 is 1.65 bits per heavy atom. The summed E-state index contributed by atoms with van der Waals surface area (Å²) in [5.74, 6) is 0.224. The molecule has 0 aliphatic rings. The van der Waals surface area contributed by atoms with E-state index in [1.165, 1.54) is 10.2 Å². The van der Waals surface area contributed by atoms with Crippen molar-refractivity contribution in [1.82, 2.24) is 4.98 Å². The van der Waals surface area contributed by atoms with Crippen molar-refractivity contribution in [2.45, 2.75) is 13.3 Å². The van der Waals surface area contributed by atoms with Gasteiger partial charge in [0.05, 0.1) is 0 Å². The molecular weight excluding hydrogens is 258 g/mol. The standard InChI is InChI=1S/C11H14ClN3OS/c1-9(7-15(8-13)17(2)16)5-10-3-4-11(12)14-6-10/h3-4,6,9H,5,7H2,1-2H3. The van der Waals surface area contributed by atoms with Crippen molar-refractivity contribution >= 4 is 22.6 Å². The minimum Gasteiger partial charge on any atom is -0.772 e. The van der Waals surface area contributed by atoms with Crippen molar-refractivity contribution in [3.8, 4) is 6.19 Å². The fourth-order valence-electron chi connectivity index (χ4n) is 1.48. The van der Waals surface area contributed by atoms with E-state index in [0.29, 0.717) is 11.7 Å². The maximum Gasteiger partial charge on any atom is 0.464 e. The number of nitrogens with zero attached hydrogens (tertiary/aromatic N) is 3. The highest BCUT2D eigenvalue weighted by Gasteiger charge is 2.10. The predicted molar refractivity (Wildman–Crippen MR) is 66.9 cm³/mol. The molecule has 17 heavy (non-hydrogen) atoms. The van der Waals surface area contributed by atoms with Crippen molar-refractivity contribution in [3.05, 3.63) is 29.0 Å². The Bertz CT molecular complexity index is 449. The molecule has 0 aliphatic carbocycles. The number of rotatable bonds is 4. The molecule has 4 nitrogen and oxygen atoms in total. The quantitative estimate of drug-likeness (QED) is 0.364. The van der Waals surface area contributed by atoms with E-state index in [2.05, 4.69) is 4.98 Å². The third-order valence-electron chi connectivity index (χ3n) is 2.27. The lowest BCUT2D eigenvalue weighted by Crippen LogP contribution is -2.19. The lowest BCUT2D eigenvalue weighted by molar-refractivity contribution is -0.424. The average Bonchev–Trinajstić information content (AvgIpc) is 2.28. The fourth-order valence-corrected chi connectivity index (χ4v) is 2.17. The summed E-state index contributed by atoms with van der Waals surface area (Å²) in [6, 6.07) is 3.65. The highest BCUT2D eigenvalue weighted by molar-refractivity contribution is 7.78. The van der Waals surface area contributed by atoms with Gasteiger partial charge in [0.25, 0.3) is 0 Å². The van der Waals surface area contributed by atoms with Gasteiger partial charge in [0.1, 0.15) is 11.7 Å². The lowest BCUT2D eigenvalue weighted by atomic mass is 10.0. The summed E-state index contributed by atoms with van der Waals surface area (Å²) in [5.41, 5.74) is 1.06. The van der Waals surface area contributed by atoms with Gasteiger partial charge in [0.2, 0.25) is 0 Å². The number of hydrogen-bond acceptors (Lipinski definition) is 3. The van der Waals surface area contributed by atoms with E-state index in [0.717, 1.165) is 12.0 Å². The van der Waals surface area contributed by atoms with E-state index >= 15 is 0 Å². The van der Waals surface area contributed by atoms with Crippen molar-refractivity contribution in [3.63, 3.8) is 0 Å². The Balaban J connectivity index is 2.62. The van der Waals surface area contributed by atoms with Crippen LogP contribution in [0.25, 0.3) is 0 Å². The van der Waals surface area contributed by atoms with Crippen LogP contribution in [-0.4, -0.2) is 26.3 Å². The van der Waals surface area contributed by atoms with Gasteiger partial charge < -0.3 is 4.55 Å². The largest absolute Gasteiger partial charge is 0.772 e. The van der Waals surface area contributed by atoms with Crippen LogP contribution in [0.4, 0.5) is 0 Å². The number of halogens is 1. The van der Waals surface area contributed by atoms with E-state index in [-0.39, 0.29) is 5.92 Å². The molecule has 0 saturated carbocycles. The molecule has 0 bridgehead atoms. The molecular formula is C11H14ClN3OS. The highest BCUT2D eigenvalue weighted by atomic mass is 35.5. The molecule has 6 heteroatoms. The van der Waals surface area contributed by atoms with Gasteiger partial charge in [-0.1, -0.05) is 24.6 Å². The first-order valence-corrected chi connectivity index (χ1v) is 7.03. The minimum absolute atomic E-state index is 0.224. The van der Waals surface area contributed by atoms with Gasteiger partial charge in [-0.05, 0) is 30.2 Å². The monoisotopic (exact) mass is 271 g/mol. The molecule has 2 unspecified atom stereocenters. The van der Waals surface area contributed by atoms with E-state index in [9.17, 15) is 4.55 Å². The molecule has 0 fully saturated rings. The van der Waals surface area contributed by atoms with Crippen LogP contribution in [-0.2, 0) is 17.4 Å². The van der Waals surface area contributed by atoms with Gasteiger partial charge >= 0.3 is 6.19 Å². The summed E-state index contributed by atoms with van der Waals surface area (Å²) in [7, 11) is -1.25. The van der Waals surface area contributed by atoms with Crippen LogP contribution in [0.3, 0.4) is 0 Å². The molecule has 2 atom stereocenters. The molecule has 1 rings (SSSR count). The topological polar surface area (TPSA) is 62.8 Å². The minimum atomic E-state index is -1.25. The number of aromatic nitrogens is 1. The van der Waals surface area contributed by atoms with E-state index in [1.807, 2.05) is 19.2 Å². The zero-order valence-corrected chi connectivity index (χ0v) is 11.3. The van der Waals surface area contributed by atoms with E-state index in [1.54, 1.807) is 12.3 Å². The lowest BCUT2D eigenvalue weighted by Gasteiger charge is -2.12. The second kappa shape index (κ2) is 6.70. The molecule has 0 spiro atoms. The zero-order valence-electron chi connectivity index (χ0n) is 9.76. The third-order valence-corrected chi connectivity index (χ3v) is 3.35. The Morgan fingerprint density at radius 2 is 2.35 bits per heavy atom. The summed E-state index contributed by atoms with van der Waals surface area (Å²) in [6.45, 7) is 2.48. The Hall–Kier alpha value is -0.960. The molecule has 92 valence electrons. The second-order valence-electron chi connectivity index (χ2n) is 3.88. The van der Waals surface area contributed by atoms with Crippen molar-refractivity contribution < 1.29 is 8.50 Å². The molecule has 0 radical (unpaired) electrons. The maximum atomic E-state index is 11.2. The molecule has 1 heterocycles. The number of nitriles is 1. The Labute approximate surface area is 109 Å². The van der Waals surface area contributed by atoms with Gasteiger partial charge in [0.15, 0.2) is 5.26 Å².